The van der Waals surface area contributed by atoms with E-state index in [1.54, 1.807) is 6.20 Å². The summed E-state index contributed by atoms with van der Waals surface area (Å²) in [6.45, 7) is 7.88. The topological polar surface area (TPSA) is 43.6 Å². The van der Waals surface area contributed by atoms with Crippen LogP contribution in [0.1, 0.15) is 32.9 Å². The van der Waals surface area contributed by atoms with Crippen molar-refractivity contribution in [2.24, 2.45) is 0 Å². The second-order valence-corrected chi connectivity index (χ2v) is 5.64. The number of aromatic nitrogens is 2. The van der Waals surface area contributed by atoms with Gasteiger partial charge in [-0.05, 0) is 51.0 Å². The molecule has 0 amide bonds. The van der Waals surface area contributed by atoms with E-state index in [4.69, 9.17) is 4.74 Å². The summed E-state index contributed by atoms with van der Waals surface area (Å²) in [7, 11) is 0. The zero-order valence-electron chi connectivity index (χ0n) is 13.2. The van der Waals surface area contributed by atoms with Gasteiger partial charge in [0.2, 0.25) is 0 Å². The minimum absolute atomic E-state index is 0.314. The van der Waals surface area contributed by atoms with Gasteiger partial charge in [-0.2, -0.15) is 0 Å². The quantitative estimate of drug-likeness (QED) is 0.533. The summed E-state index contributed by atoms with van der Waals surface area (Å²) in [6, 6.07) is 9.76. The number of fused-ring (bicyclic) bond motifs is 1. The van der Waals surface area contributed by atoms with Crippen LogP contribution in [0.25, 0.3) is 5.65 Å². The van der Waals surface area contributed by atoms with Gasteiger partial charge in [0.15, 0.2) is 5.69 Å². The molecule has 4 nitrogen and oxygen atoms in total. The highest BCUT2D eigenvalue weighted by atomic mass is 16.5. The molecule has 2 aromatic heterocycles. The summed E-state index contributed by atoms with van der Waals surface area (Å²) in [5.41, 5.74) is 5.12. The van der Waals surface area contributed by atoms with Gasteiger partial charge in [-0.1, -0.05) is 23.8 Å². The fourth-order valence-electron chi connectivity index (χ4n) is 2.72. The van der Waals surface area contributed by atoms with Gasteiger partial charge in [0.1, 0.15) is 11.4 Å². The van der Waals surface area contributed by atoms with Crippen LogP contribution in [0.3, 0.4) is 0 Å². The molecule has 0 unspecified atom stereocenters. The van der Waals surface area contributed by atoms with Crippen molar-refractivity contribution in [3.05, 3.63) is 64.6 Å². The number of hydrogen-bond donors (Lipinski definition) is 0. The van der Waals surface area contributed by atoms with Crippen molar-refractivity contribution in [3.8, 4) is 5.75 Å². The van der Waals surface area contributed by atoms with Gasteiger partial charge >= 0.3 is 5.97 Å². The van der Waals surface area contributed by atoms with Crippen molar-refractivity contribution in [1.82, 2.24) is 9.38 Å². The lowest BCUT2D eigenvalue weighted by Gasteiger charge is -2.10. The summed E-state index contributed by atoms with van der Waals surface area (Å²) in [4.78, 5) is 16.7. The lowest BCUT2D eigenvalue weighted by Crippen LogP contribution is -2.10. The van der Waals surface area contributed by atoms with Crippen LogP contribution in [0.2, 0.25) is 0 Å². The highest BCUT2D eigenvalue weighted by Gasteiger charge is 2.16. The van der Waals surface area contributed by atoms with Gasteiger partial charge < -0.3 is 9.14 Å². The Labute approximate surface area is 129 Å². The first kappa shape index (κ1) is 14.3. The van der Waals surface area contributed by atoms with E-state index in [-0.39, 0.29) is 0 Å². The van der Waals surface area contributed by atoms with Gasteiger partial charge in [0.25, 0.3) is 0 Å². The molecular weight excluding hydrogens is 276 g/mol. The SMILES string of the molecule is Cc1cc(C)c(OC(=O)c2cn3c(C)cccc3n2)c(C)c1. The summed E-state index contributed by atoms with van der Waals surface area (Å²) in [5.74, 6) is 0.183. The second kappa shape index (κ2) is 5.30. The molecule has 4 heteroatoms. The summed E-state index contributed by atoms with van der Waals surface area (Å²) in [6.07, 6.45) is 1.71. The number of benzene rings is 1. The van der Waals surface area contributed by atoms with Crippen LogP contribution in [0, 0.1) is 27.7 Å². The molecule has 0 bridgehead atoms. The Morgan fingerprint density at radius 3 is 2.41 bits per heavy atom. The van der Waals surface area contributed by atoms with Crippen molar-refractivity contribution in [3.63, 3.8) is 0 Å². The number of ether oxygens (including phenoxy) is 1. The highest BCUT2D eigenvalue weighted by molar-refractivity contribution is 5.90. The Balaban J connectivity index is 1.95. The normalized spacial score (nSPS) is 10.9. The molecule has 0 saturated heterocycles. The first-order valence-electron chi connectivity index (χ1n) is 7.20. The molecule has 0 atom stereocenters. The van der Waals surface area contributed by atoms with Gasteiger partial charge in [0, 0.05) is 11.9 Å². The molecule has 0 spiro atoms. The number of carbonyl (C=O) groups excluding carboxylic acids is 1. The van der Waals surface area contributed by atoms with Gasteiger partial charge in [0.05, 0.1) is 0 Å². The molecule has 3 rings (SSSR count). The van der Waals surface area contributed by atoms with Crippen LogP contribution >= 0.6 is 0 Å². The monoisotopic (exact) mass is 294 g/mol. The first-order valence-corrected chi connectivity index (χ1v) is 7.20. The molecule has 1 aromatic carbocycles. The third-order valence-corrected chi connectivity index (χ3v) is 3.70. The lowest BCUT2D eigenvalue weighted by atomic mass is 10.1. The smallest absolute Gasteiger partial charge is 0.363 e. The Bertz CT molecular complexity index is 855. The van der Waals surface area contributed by atoms with E-state index in [1.165, 1.54) is 0 Å². The van der Waals surface area contributed by atoms with Gasteiger partial charge in [-0.3, -0.25) is 0 Å². The molecule has 0 N–H and O–H groups in total. The average Bonchev–Trinajstić information content (AvgIpc) is 2.88. The van der Waals surface area contributed by atoms with Crippen molar-refractivity contribution < 1.29 is 9.53 Å². The summed E-state index contributed by atoms with van der Waals surface area (Å²) < 4.78 is 7.45. The minimum Gasteiger partial charge on any atom is -0.421 e. The number of carbonyl (C=O) groups is 1. The maximum Gasteiger partial charge on any atom is 0.363 e. The van der Waals surface area contributed by atoms with Crippen LogP contribution in [-0.2, 0) is 0 Å². The standard InChI is InChI=1S/C18H18N2O2/c1-11-8-12(2)17(13(3)9-11)22-18(21)15-10-20-14(4)6-5-7-16(20)19-15/h5-10H,1-4H3. The zero-order valence-corrected chi connectivity index (χ0v) is 13.2. The van der Waals surface area contributed by atoms with Crippen LogP contribution < -0.4 is 4.74 Å². The lowest BCUT2D eigenvalue weighted by molar-refractivity contribution is 0.0727. The molecule has 0 radical (unpaired) electrons. The van der Waals surface area contributed by atoms with E-state index in [9.17, 15) is 4.79 Å². The van der Waals surface area contributed by atoms with E-state index < -0.39 is 5.97 Å². The molecule has 0 aliphatic heterocycles. The number of rotatable bonds is 2. The van der Waals surface area contributed by atoms with Crippen molar-refractivity contribution in [1.29, 1.82) is 0 Å². The summed E-state index contributed by atoms with van der Waals surface area (Å²) >= 11 is 0. The van der Waals surface area contributed by atoms with Crippen LogP contribution in [0.15, 0.2) is 36.5 Å². The fraction of sp³-hybridized carbons (Fsp3) is 0.222. The van der Waals surface area contributed by atoms with E-state index >= 15 is 0 Å². The number of esters is 1. The Hall–Kier alpha value is -2.62. The van der Waals surface area contributed by atoms with Crippen molar-refractivity contribution in [2.75, 3.05) is 0 Å². The molecule has 112 valence electrons. The predicted octanol–water partition coefficient (Wildman–Crippen LogP) is 3.79. The molecule has 2 heterocycles. The number of aryl methyl sites for hydroxylation is 4. The van der Waals surface area contributed by atoms with Crippen molar-refractivity contribution >= 4 is 11.6 Å². The molecule has 0 aliphatic carbocycles. The third-order valence-electron chi connectivity index (χ3n) is 3.70. The zero-order chi connectivity index (χ0) is 15.9. The summed E-state index contributed by atoms with van der Waals surface area (Å²) in [5, 5.41) is 0. The maximum absolute atomic E-state index is 12.4. The number of pyridine rings is 1. The Morgan fingerprint density at radius 1 is 1.09 bits per heavy atom. The number of imidazole rings is 1. The Kier molecular flexibility index (Phi) is 3.45. The van der Waals surface area contributed by atoms with E-state index in [2.05, 4.69) is 4.98 Å². The first-order chi connectivity index (χ1) is 10.5. The van der Waals surface area contributed by atoms with Gasteiger partial charge in [-0.15, -0.1) is 0 Å². The molecule has 0 saturated carbocycles. The van der Waals surface area contributed by atoms with Crippen LogP contribution in [0.5, 0.6) is 5.75 Å². The van der Waals surface area contributed by atoms with Crippen LogP contribution in [0.4, 0.5) is 0 Å². The number of nitrogens with zero attached hydrogens (tertiary/aromatic N) is 2. The highest BCUT2D eigenvalue weighted by Crippen LogP contribution is 2.25. The van der Waals surface area contributed by atoms with E-state index in [1.807, 2.05) is 62.4 Å². The molecule has 3 aromatic rings. The molecular formula is C18H18N2O2. The molecule has 0 aliphatic rings. The minimum atomic E-state index is -0.432. The van der Waals surface area contributed by atoms with Gasteiger partial charge in [-0.25, -0.2) is 9.78 Å². The number of hydrogen-bond acceptors (Lipinski definition) is 3. The second-order valence-electron chi connectivity index (χ2n) is 5.64. The maximum atomic E-state index is 12.4. The largest absolute Gasteiger partial charge is 0.421 e. The Morgan fingerprint density at radius 2 is 1.77 bits per heavy atom. The van der Waals surface area contributed by atoms with Crippen molar-refractivity contribution in [2.45, 2.75) is 27.7 Å². The fourth-order valence-corrected chi connectivity index (χ4v) is 2.72. The third kappa shape index (κ3) is 2.48. The van der Waals surface area contributed by atoms with Crippen LogP contribution in [-0.4, -0.2) is 15.4 Å². The predicted molar refractivity (Wildman–Crippen MR) is 85.5 cm³/mol. The molecule has 0 fully saturated rings. The van der Waals surface area contributed by atoms with E-state index in [0.29, 0.717) is 11.4 Å². The van der Waals surface area contributed by atoms with E-state index in [0.717, 1.165) is 28.0 Å². The average molecular weight is 294 g/mol. The molecule has 22 heavy (non-hydrogen) atoms.